The van der Waals surface area contributed by atoms with Gasteiger partial charge >= 0.3 is 15.5 Å². The molecule has 0 bridgehead atoms. The number of rotatable bonds is 8. The Morgan fingerprint density at radius 3 is 2.58 bits per heavy atom. The third-order valence-electron chi connectivity index (χ3n) is 2.64. The zero-order chi connectivity index (χ0) is 18.4. The van der Waals surface area contributed by atoms with E-state index in [0.29, 0.717) is 6.61 Å². The Bertz CT molecular complexity index is 693. The second-order valence-corrected chi connectivity index (χ2v) is 6.56. The fourth-order valence-electron chi connectivity index (χ4n) is 1.54. The molecule has 0 saturated heterocycles. The molecule has 0 spiro atoms. The number of hydrogen-bond acceptors (Lipinski definition) is 5. The van der Waals surface area contributed by atoms with Gasteiger partial charge in [-0.1, -0.05) is 16.8 Å². The predicted octanol–water partition coefficient (Wildman–Crippen LogP) is 3.38. The summed E-state index contributed by atoms with van der Waals surface area (Å²) in [6, 6.07) is 3.64. The SMILES string of the molecule is CCOCCO/N=C(\C)c1cc(Cl)ccc1NS(=O)(=O)C(F)(F)F. The second-order valence-electron chi connectivity index (χ2n) is 4.45. The van der Waals surface area contributed by atoms with Gasteiger partial charge in [0.2, 0.25) is 0 Å². The van der Waals surface area contributed by atoms with Crippen molar-refractivity contribution in [1.29, 1.82) is 0 Å². The highest BCUT2D eigenvalue weighted by Gasteiger charge is 2.46. The smallest absolute Gasteiger partial charge is 0.393 e. The van der Waals surface area contributed by atoms with Crippen LogP contribution < -0.4 is 4.72 Å². The zero-order valence-corrected chi connectivity index (χ0v) is 14.4. The number of alkyl halides is 3. The molecule has 1 aromatic rings. The number of nitrogens with zero attached hydrogens (tertiary/aromatic N) is 1. The number of sulfonamides is 1. The lowest BCUT2D eigenvalue weighted by molar-refractivity contribution is -0.0429. The van der Waals surface area contributed by atoms with Crippen LogP contribution in [0.1, 0.15) is 19.4 Å². The zero-order valence-electron chi connectivity index (χ0n) is 12.9. The maximum absolute atomic E-state index is 12.5. The Hall–Kier alpha value is -1.52. The Balaban J connectivity index is 3.02. The average Bonchev–Trinajstić information content (AvgIpc) is 2.47. The lowest BCUT2D eigenvalue weighted by Crippen LogP contribution is -2.30. The van der Waals surface area contributed by atoms with E-state index in [1.54, 1.807) is 6.92 Å². The van der Waals surface area contributed by atoms with Gasteiger partial charge in [-0.05, 0) is 32.0 Å². The molecule has 0 fully saturated rings. The molecule has 0 amide bonds. The van der Waals surface area contributed by atoms with Crippen LogP contribution in [0.2, 0.25) is 5.02 Å². The summed E-state index contributed by atoms with van der Waals surface area (Å²) in [6.07, 6.45) is 0. The van der Waals surface area contributed by atoms with Gasteiger partial charge in [0.05, 0.1) is 18.0 Å². The van der Waals surface area contributed by atoms with Crippen LogP contribution in [0, 0.1) is 0 Å². The van der Waals surface area contributed by atoms with Crippen LogP contribution in [0.15, 0.2) is 23.4 Å². The Kier molecular flexibility index (Phi) is 7.30. The minimum atomic E-state index is -5.56. The van der Waals surface area contributed by atoms with Gasteiger partial charge in [0.1, 0.15) is 6.61 Å². The first-order valence-electron chi connectivity index (χ1n) is 6.71. The second kappa shape index (κ2) is 8.54. The van der Waals surface area contributed by atoms with E-state index in [4.69, 9.17) is 21.2 Å². The normalized spacial score (nSPS) is 13.0. The summed E-state index contributed by atoms with van der Waals surface area (Å²) >= 11 is 5.81. The van der Waals surface area contributed by atoms with E-state index in [1.165, 1.54) is 23.8 Å². The van der Waals surface area contributed by atoms with Crippen molar-refractivity contribution < 1.29 is 31.2 Å². The fraction of sp³-hybridized carbons (Fsp3) is 0.462. The molecule has 1 N–H and O–H groups in total. The number of halogens is 4. The van der Waals surface area contributed by atoms with E-state index >= 15 is 0 Å². The largest absolute Gasteiger partial charge is 0.516 e. The standard InChI is InChI=1S/C13H16ClF3N2O4S/c1-3-22-6-7-23-18-9(2)11-8-10(14)4-5-12(11)19-24(20,21)13(15,16)17/h4-5,8,19H,3,6-7H2,1-2H3/b18-9+. The Labute approximate surface area is 142 Å². The van der Waals surface area contributed by atoms with Crippen LogP contribution in [-0.2, 0) is 19.6 Å². The topological polar surface area (TPSA) is 77.0 Å². The monoisotopic (exact) mass is 388 g/mol. The summed E-state index contributed by atoms with van der Waals surface area (Å²) in [5, 5.41) is 3.92. The number of oxime groups is 1. The van der Waals surface area contributed by atoms with Crippen molar-refractivity contribution >= 4 is 33.0 Å². The highest BCUT2D eigenvalue weighted by Crippen LogP contribution is 2.28. The molecule has 0 aliphatic heterocycles. The van der Waals surface area contributed by atoms with Crippen LogP contribution in [-0.4, -0.2) is 39.5 Å². The van der Waals surface area contributed by atoms with E-state index in [9.17, 15) is 21.6 Å². The average molecular weight is 389 g/mol. The van der Waals surface area contributed by atoms with Gasteiger partial charge in [0.15, 0.2) is 0 Å². The summed E-state index contributed by atoms with van der Waals surface area (Å²) in [5.74, 6) is 0. The van der Waals surface area contributed by atoms with Crippen molar-refractivity contribution in [3.05, 3.63) is 28.8 Å². The van der Waals surface area contributed by atoms with Gasteiger partial charge in [0, 0.05) is 17.2 Å². The summed E-state index contributed by atoms with van der Waals surface area (Å²) < 4.78 is 66.5. The first kappa shape index (κ1) is 20.5. The third kappa shape index (κ3) is 5.84. The molecule has 1 aromatic carbocycles. The predicted molar refractivity (Wildman–Crippen MR) is 84.7 cm³/mol. The lowest BCUT2D eigenvalue weighted by Gasteiger charge is -2.14. The van der Waals surface area contributed by atoms with Crippen molar-refractivity contribution in [3.8, 4) is 0 Å². The van der Waals surface area contributed by atoms with E-state index < -0.39 is 15.5 Å². The first-order valence-corrected chi connectivity index (χ1v) is 8.58. The highest BCUT2D eigenvalue weighted by molar-refractivity contribution is 7.93. The molecule has 0 aliphatic rings. The van der Waals surface area contributed by atoms with Gasteiger partial charge in [-0.15, -0.1) is 0 Å². The molecule has 11 heteroatoms. The summed E-state index contributed by atoms with van der Waals surface area (Å²) in [6.45, 7) is 4.17. The van der Waals surface area contributed by atoms with E-state index in [-0.39, 0.29) is 35.2 Å². The molecule has 1 rings (SSSR count). The number of ether oxygens (including phenoxy) is 1. The fourth-order valence-corrected chi connectivity index (χ4v) is 2.29. The molecule has 24 heavy (non-hydrogen) atoms. The molecule has 136 valence electrons. The number of anilines is 1. The molecule has 0 unspecified atom stereocenters. The van der Waals surface area contributed by atoms with Crippen molar-refractivity contribution in [2.45, 2.75) is 19.4 Å². The maximum Gasteiger partial charge on any atom is 0.516 e. The lowest BCUT2D eigenvalue weighted by atomic mass is 10.1. The van der Waals surface area contributed by atoms with Gasteiger partial charge < -0.3 is 9.57 Å². The van der Waals surface area contributed by atoms with E-state index in [2.05, 4.69) is 5.16 Å². The number of benzene rings is 1. The molecule has 0 aromatic heterocycles. The van der Waals surface area contributed by atoms with Crippen LogP contribution in [0.5, 0.6) is 0 Å². The van der Waals surface area contributed by atoms with E-state index in [0.717, 1.165) is 6.07 Å². The number of nitrogens with one attached hydrogen (secondary N) is 1. The van der Waals surface area contributed by atoms with Crippen LogP contribution in [0.3, 0.4) is 0 Å². The van der Waals surface area contributed by atoms with Gasteiger partial charge in [-0.3, -0.25) is 4.72 Å². The van der Waals surface area contributed by atoms with Crippen molar-refractivity contribution in [2.75, 3.05) is 24.5 Å². The van der Waals surface area contributed by atoms with Gasteiger partial charge in [-0.2, -0.15) is 21.6 Å². The van der Waals surface area contributed by atoms with Crippen molar-refractivity contribution in [1.82, 2.24) is 0 Å². The minimum absolute atomic E-state index is 0.0618. The Morgan fingerprint density at radius 1 is 1.33 bits per heavy atom. The van der Waals surface area contributed by atoms with Crippen molar-refractivity contribution in [2.24, 2.45) is 5.16 Å². The van der Waals surface area contributed by atoms with Gasteiger partial charge in [0.25, 0.3) is 0 Å². The van der Waals surface area contributed by atoms with Gasteiger partial charge in [-0.25, -0.2) is 0 Å². The highest BCUT2D eigenvalue weighted by atomic mass is 35.5. The molecular weight excluding hydrogens is 373 g/mol. The summed E-state index contributed by atoms with van der Waals surface area (Å²) in [5.41, 5.74) is -5.55. The molecule has 0 heterocycles. The molecular formula is C13H16ClF3N2O4S. The maximum atomic E-state index is 12.5. The van der Waals surface area contributed by atoms with E-state index in [1.807, 2.05) is 0 Å². The number of hydrogen-bond donors (Lipinski definition) is 1. The molecule has 6 nitrogen and oxygen atoms in total. The summed E-state index contributed by atoms with van der Waals surface area (Å²) in [7, 11) is -5.56. The van der Waals surface area contributed by atoms with Crippen LogP contribution >= 0.6 is 11.6 Å². The molecule has 0 aliphatic carbocycles. The van der Waals surface area contributed by atoms with Crippen LogP contribution in [0.4, 0.5) is 18.9 Å². The van der Waals surface area contributed by atoms with Crippen LogP contribution in [0.25, 0.3) is 0 Å². The first-order chi connectivity index (χ1) is 11.1. The Morgan fingerprint density at radius 2 is 2.00 bits per heavy atom. The molecule has 0 radical (unpaired) electrons. The van der Waals surface area contributed by atoms with Crippen molar-refractivity contribution in [3.63, 3.8) is 0 Å². The summed E-state index contributed by atoms with van der Waals surface area (Å²) in [4.78, 5) is 4.96. The third-order valence-corrected chi connectivity index (χ3v) is 3.98. The molecule has 0 atom stereocenters. The quantitative estimate of drug-likeness (QED) is 0.421. The minimum Gasteiger partial charge on any atom is -0.393 e. The molecule has 0 saturated carbocycles.